The number of pyridine rings is 2. The van der Waals surface area contributed by atoms with Crippen LogP contribution in [0.25, 0.3) is 22.0 Å². The number of aromatic nitrogens is 2. The van der Waals surface area contributed by atoms with Crippen molar-refractivity contribution in [3.8, 4) is 11.1 Å². The lowest BCUT2D eigenvalue weighted by molar-refractivity contribution is -0.137. The molecule has 0 saturated heterocycles. The van der Waals surface area contributed by atoms with E-state index >= 15 is 0 Å². The normalized spacial score (nSPS) is 11.6. The lowest BCUT2D eigenvalue weighted by Crippen LogP contribution is -2.20. The minimum absolute atomic E-state index is 0.118. The first-order chi connectivity index (χ1) is 19.5. The van der Waals surface area contributed by atoms with E-state index < -0.39 is 17.6 Å². The molecule has 1 N–H and O–H groups in total. The zero-order chi connectivity index (χ0) is 29.3. The van der Waals surface area contributed by atoms with Crippen molar-refractivity contribution in [2.45, 2.75) is 32.9 Å². The molecule has 5 rings (SSSR count). The Labute approximate surface area is 235 Å². The summed E-state index contributed by atoms with van der Waals surface area (Å²) >= 11 is 0. The number of carbonyl (C=O) groups is 1. The summed E-state index contributed by atoms with van der Waals surface area (Å²) in [5, 5.41) is 3.45. The number of alkyl halides is 3. The second-order valence-corrected chi connectivity index (χ2v) is 10.2. The number of nitrogens with one attached hydrogen (secondary N) is 1. The van der Waals surface area contributed by atoms with Crippen molar-refractivity contribution >= 4 is 22.5 Å². The smallest absolute Gasteiger partial charge is 0.322 e. The molecule has 0 unspecified atom stereocenters. The predicted molar refractivity (Wildman–Crippen MR) is 155 cm³/mol. The van der Waals surface area contributed by atoms with Gasteiger partial charge in [-0.05, 0) is 85.8 Å². The molecule has 5 aromatic rings. The van der Waals surface area contributed by atoms with Crippen LogP contribution in [0.3, 0.4) is 0 Å². The van der Waals surface area contributed by atoms with E-state index in [9.17, 15) is 22.8 Å². The predicted octanol–water partition coefficient (Wildman–Crippen LogP) is 7.27. The van der Waals surface area contributed by atoms with E-state index in [-0.39, 0.29) is 11.1 Å². The minimum atomic E-state index is -4.56. The molecule has 208 valence electrons. The molecular formula is C33H28F3N3O2. The molecule has 0 aliphatic rings. The van der Waals surface area contributed by atoms with E-state index in [1.807, 2.05) is 13.0 Å². The number of halogens is 3. The van der Waals surface area contributed by atoms with Crippen molar-refractivity contribution in [1.29, 1.82) is 0 Å². The number of aryl methyl sites for hydroxylation is 5. The van der Waals surface area contributed by atoms with Crippen molar-refractivity contribution in [3.63, 3.8) is 0 Å². The quantitative estimate of drug-likeness (QED) is 0.240. The zero-order valence-corrected chi connectivity index (χ0v) is 22.8. The van der Waals surface area contributed by atoms with Gasteiger partial charge in [-0.2, -0.15) is 13.2 Å². The van der Waals surface area contributed by atoms with Gasteiger partial charge in [0.2, 0.25) is 0 Å². The molecule has 0 atom stereocenters. The molecule has 0 radical (unpaired) electrons. The Morgan fingerprint density at radius 3 is 2.39 bits per heavy atom. The maximum absolute atomic E-state index is 13.5. The largest absolute Gasteiger partial charge is 0.416 e. The first-order valence-corrected chi connectivity index (χ1v) is 13.1. The summed E-state index contributed by atoms with van der Waals surface area (Å²) in [7, 11) is 1.71. The highest BCUT2D eigenvalue weighted by Gasteiger charge is 2.31. The van der Waals surface area contributed by atoms with Gasteiger partial charge in [0.25, 0.3) is 11.5 Å². The SMILES string of the molecule is Cc1ccc(CCc2cc3c(cn2)cc(-c2cc(NC(=O)c4cccc(C(F)(F)F)c4)ccc2C)c(=O)n3C)cc1. The highest BCUT2D eigenvalue weighted by molar-refractivity contribution is 6.04. The Morgan fingerprint density at radius 1 is 0.902 bits per heavy atom. The number of benzene rings is 3. The molecule has 1 amide bonds. The molecule has 0 bridgehead atoms. The summed E-state index contributed by atoms with van der Waals surface area (Å²) in [6.07, 6.45) is -1.22. The van der Waals surface area contributed by atoms with Crippen LogP contribution in [0.1, 0.15) is 38.3 Å². The molecule has 0 fully saturated rings. The fourth-order valence-electron chi connectivity index (χ4n) is 4.79. The number of amides is 1. The number of hydrogen-bond donors (Lipinski definition) is 1. The summed E-state index contributed by atoms with van der Waals surface area (Å²) in [6, 6.07) is 21.4. The highest BCUT2D eigenvalue weighted by atomic mass is 19.4. The molecule has 2 aromatic heterocycles. The summed E-state index contributed by atoms with van der Waals surface area (Å²) < 4.78 is 40.9. The highest BCUT2D eigenvalue weighted by Crippen LogP contribution is 2.30. The third-order valence-electron chi connectivity index (χ3n) is 7.19. The van der Waals surface area contributed by atoms with Crippen molar-refractivity contribution in [2.24, 2.45) is 7.05 Å². The van der Waals surface area contributed by atoms with Crippen LogP contribution in [0.2, 0.25) is 0 Å². The van der Waals surface area contributed by atoms with Gasteiger partial charge in [-0.25, -0.2) is 0 Å². The molecule has 8 heteroatoms. The maximum Gasteiger partial charge on any atom is 0.416 e. The first kappa shape index (κ1) is 27.8. The standard InChI is InChI=1S/C33H28F3N3O2/c1-20-7-10-22(11-8-20)12-14-26-18-30-24(19-37-26)16-29(32(41)39(30)3)28-17-27(13-9-21(28)2)38-31(40)23-5-4-6-25(15-23)33(34,35)36/h4-11,13,15-19H,12,14H2,1-3H3,(H,38,40). The van der Waals surface area contributed by atoms with Crippen molar-refractivity contribution in [1.82, 2.24) is 9.55 Å². The van der Waals surface area contributed by atoms with Crippen LogP contribution in [-0.4, -0.2) is 15.5 Å². The van der Waals surface area contributed by atoms with Gasteiger partial charge in [0, 0.05) is 41.1 Å². The third kappa shape index (κ3) is 6.06. The molecule has 0 spiro atoms. The molecule has 0 saturated carbocycles. The van der Waals surface area contributed by atoms with Crippen LogP contribution in [0, 0.1) is 13.8 Å². The Balaban J connectivity index is 1.42. The van der Waals surface area contributed by atoms with Crippen molar-refractivity contribution in [2.75, 3.05) is 5.32 Å². The first-order valence-electron chi connectivity index (χ1n) is 13.1. The topological polar surface area (TPSA) is 64.0 Å². The van der Waals surface area contributed by atoms with Crippen LogP contribution in [-0.2, 0) is 26.1 Å². The van der Waals surface area contributed by atoms with E-state index in [1.54, 1.807) is 42.1 Å². The van der Waals surface area contributed by atoms with Gasteiger partial charge >= 0.3 is 6.18 Å². The van der Waals surface area contributed by atoms with Crippen molar-refractivity contribution < 1.29 is 18.0 Å². The average Bonchev–Trinajstić information content (AvgIpc) is 2.95. The number of nitrogens with zero attached hydrogens (tertiary/aromatic N) is 2. The van der Waals surface area contributed by atoms with Crippen LogP contribution >= 0.6 is 0 Å². The van der Waals surface area contributed by atoms with Gasteiger partial charge in [0.05, 0.1) is 11.1 Å². The van der Waals surface area contributed by atoms with Gasteiger partial charge < -0.3 is 9.88 Å². The van der Waals surface area contributed by atoms with Crippen LogP contribution in [0.5, 0.6) is 0 Å². The van der Waals surface area contributed by atoms with Gasteiger partial charge in [0.1, 0.15) is 0 Å². The molecule has 0 aliphatic heterocycles. The zero-order valence-electron chi connectivity index (χ0n) is 22.8. The van der Waals surface area contributed by atoms with E-state index in [4.69, 9.17) is 0 Å². The lowest BCUT2D eigenvalue weighted by Gasteiger charge is -2.14. The van der Waals surface area contributed by atoms with Crippen LogP contribution in [0.15, 0.2) is 89.9 Å². The fraction of sp³-hybridized carbons (Fsp3) is 0.182. The van der Waals surface area contributed by atoms with E-state index in [0.717, 1.165) is 47.1 Å². The molecule has 41 heavy (non-hydrogen) atoms. The molecular weight excluding hydrogens is 527 g/mol. The number of fused-ring (bicyclic) bond motifs is 1. The summed E-state index contributed by atoms with van der Waals surface area (Å²) in [5.41, 5.74) is 5.06. The lowest BCUT2D eigenvalue weighted by atomic mass is 9.99. The number of anilines is 1. The second kappa shape index (κ2) is 11.0. The Kier molecular flexibility index (Phi) is 7.49. The molecule has 2 heterocycles. The molecule has 3 aromatic carbocycles. The average molecular weight is 556 g/mol. The summed E-state index contributed by atoms with van der Waals surface area (Å²) in [6.45, 7) is 3.90. The number of hydrogen-bond acceptors (Lipinski definition) is 3. The van der Waals surface area contributed by atoms with Gasteiger partial charge in [-0.3, -0.25) is 14.6 Å². The fourth-order valence-corrected chi connectivity index (χ4v) is 4.79. The van der Waals surface area contributed by atoms with Gasteiger partial charge in [-0.1, -0.05) is 42.0 Å². The maximum atomic E-state index is 13.5. The summed E-state index contributed by atoms with van der Waals surface area (Å²) in [4.78, 5) is 30.9. The molecule has 0 aliphatic carbocycles. The van der Waals surface area contributed by atoms with Crippen LogP contribution < -0.4 is 10.9 Å². The summed E-state index contributed by atoms with van der Waals surface area (Å²) in [5.74, 6) is -0.681. The van der Waals surface area contributed by atoms with Crippen LogP contribution in [0.4, 0.5) is 18.9 Å². The minimum Gasteiger partial charge on any atom is -0.322 e. The Morgan fingerprint density at radius 2 is 1.66 bits per heavy atom. The number of rotatable bonds is 6. The van der Waals surface area contributed by atoms with E-state index in [0.29, 0.717) is 16.8 Å². The van der Waals surface area contributed by atoms with Crippen molar-refractivity contribution in [3.05, 3.63) is 129 Å². The van der Waals surface area contributed by atoms with E-state index in [1.165, 1.54) is 23.3 Å². The number of carbonyl (C=O) groups excluding carboxylic acids is 1. The Bertz CT molecular complexity index is 1820. The monoisotopic (exact) mass is 555 g/mol. The van der Waals surface area contributed by atoms with Gasteiger partial charge in [0.15, 0.2) is 0 Å². The Hall–Kier alpha value is -4.72. The second-order valence-electron chi connectivity index (χ2n) is 10.2. The third-order valence-corrected chi connectivity index (χ3v) is 7.19. The molecule has 5 nitrogen and oxygen atoms in total. The van der Waals surface area contributed by atoms with E-state index in [2.05, 4.69) is 41.5 Å². The van der Waals surface area contributed by atoms with Gasteiger partial charge in [-0.15, -0.1) is 0 Å².